The average Bonchev–Trinajstić information content (AvgIpc) is 2.80. The summed E-state index contributed by atoms with van der Waals surface area (Å²) in [6, 6.07) is 6.59. The fraction of sp³-hybridized carbons (Fsp3) is 0.680. The van der Waals surface area contributed by atoms with E-state index in [1.807, 2.05) is 0 Å². The van der Waals surface area contributed by atoms with Gasteiger partial charge in [0.1, 0.15) is 0 Å². The van der Waals surface area contributed by atoms with Gasteiger partial charge in [0.05, 0.1) is 0 Å². The summed E-state index contributed by atoms with van der Waals surface area (Å²) in [5.41, 5.74) is 9.55. The second kappa shape index (κ2) is 12.1. The predicted molar refractivity (Wildman–Crippen MR) is 133 cm³/mol. The molecule has 32 heavy (non-hydrogen) atoms. The van der Waals surface area contributed by atoms with Gasteiger partial charge in [0.15, 0.2) is 5.96 Å². The van der Waals surface area contributed by atoms with Crippen LogP contribution in [0.3, 0.4) is 0 Å². The van der Waals surface area contributed by atoms with Crippen molar-refractivity contribution in [1.82, 2.24) is 15.1 Å². The summed E-state index contributed by atoms with van der Waals surface area (Å²) in [6.07, 6.45) is 4.05. The summed E-state index contributed by atoms with van der Waals surface area (Å²) in [4.78, 5) is 23.6. The van der Waals surface area contributed by atoms with E-state index in [2.05, 4.69) is 59.0 Å². The van der Waals surface area contributed by atoms with Crippen LogP contribution in [0.2, 0.25) is 0 Å². The minimum atomic E-state index is -0.134. The summed E-state index contributed by atoms with van der Waals surface area (Å²) in [6.45, 7) is 15.4. The van der Waals surface area contributed by atoms with Gasteiger partial charge in [0, 0.05) is 50.9 Å². The number of nitrogens with one attached hydrogen (secondary N) is 1. The van der Waals surface area contributed by atoms with Crippen LogP contribution in [0, 0.1) is 19.8 Å². The third-order valence-corrected chi connectivity index (χ3v) is 6.96. The van der Waals surface area contributed by atoms with E-state index >= 15 is 0 Å². The topological polar surface area (TPSA) is 77.2 Å². The quantitative estimate of drug-likeness (QED) is 0.367. The van der Waals surface area contributed by atoms with Crippen LogP contribution in [0.15, 0.2) is 23.2 Å². The van der Waals surface area contributed by atoms with Crippen LogP contribution in [0.4, 0.5) is 5.69 Å². The molecule has 0 bridgehead atoms. The van der Waals surface area contributed by atoms with E-state index in [9.17, 15) is 4.79 Å². The van der Waals surface area contributed by atoms with Crippen molar-refractivity contribution < 1.29 is 4.79 Å². The van der Waals surface area contributed by atoms with Gasteiger partial charge in [-0.05, 0) is 83.3 Å². The highest BCUT2D eigenvalue weighted by Crippen LogP contribution is 2.24. The Hall–Kier alpha value is -2.28. The maximum absolute atomic E-state index is 11.3. The van der Waals surface area contributed by atoms with E-state index in [-0.39, 0.29) is 11.8 Å². The van der Waals surface area contributed by atoms with Crippen molar-refractivity contribution in [3.05, 3.63) is 29.3 Å². The summed E-state index contributed by atoms with van der Waals surface area (Å²) in [5, 5.41) is 3.49. The van der Waals surface area contributed by atoms with E-state index in [4.69, 9.17) is 10.7 Å². The van der Waals surface area contributed by atoms with Gasteiger partial charge in [-0.15, -0.1) is 0 Å². The first-order valence-electron chi connectivity index (χ1n) is 12.4. The Morgan fingerprint density at radius 1 is 1.09 bits per heavy atom. The largest absolute Gasteiger partial charge is 0.369 e. The first kappa shape index (κ1) is 24.4. The molecule has 2 saturated heterocycles. The van der Waals surface area contributed by atoms with Crippen molar-refractivity contribution in [3.63, 3.8) is 0 Å². The Bertz CT molecular complexity index is 764. The van der Waals surface area contributed by atoms with E-state index in [1.54, 1.807) is 0 Å². The Labute approximate surface area is 194 Å². The normalized spacial score (nSPS) is 18.8. The lowest BCUT2D eigenvalue weighted by Crippen LogP contribution is -2.52. The second-order valence-electron chi connectivity index (χ2n) is 9.15. The number of aryl methyl sites for hydroxylation is 1. The average molecular weight is 443 g/mol. The first-order valence-corrected chi connectivity index (χ1v) is 12.4. The van der Waals surface area contributed by atoms with Gasteiger partial charge in [-0.2, -0.15) is 0 Å². The van der Waals surface area contributed by atoms with Crippen molar-refractivity contribution in [2.24, 2.45) is 16.6 Å². The maximum Gasteiger partial charge on any atom is 0.220 e. The number of carbonyl (C=O) groups is 1. The molecule has 0 atom stereocenters. The predicted octanol–water partition coefficient (Wildman–Crippen LogP) is 2.37. The third-order valence-electron chi connectivity index (χ3n) is 6.96. The number of piperidine rings is 1. The van der Waals surface area contributed by atoms with Crippen molar-refractivity contribution in [2.75, 3.05) is 63.8 Å². The molecule has 1 amide bonds. The summed E-state index contributed by atoms with van der Waals surface area (Å²) < 4.78 is 0. The highest BCUT2D eigenvalue weighted by atomic mass is 16.1. The molecule has 1 aromatic carbocycles. The molecule has 2 fully saturated rings. The van der Waals surface area contributed by atoms with Crippen LogP contribution in [0.5, 0.6) is 0 Å². The molecule has 7 heteroatoms. The minimum absolute atomic E-state index is 0.0776. The zero-order valence-corrected chi connectivity index (χ0v) is 20.3. The fourth-order valence-corrected chi connectivity index (χ4v) is 4.74. The molecular formula is C25H42N6O. The molecule has 0 spiro atoms. The lowest BCUT2D eigenvalue weighted by molar-refractivity contribution is -0.123. The van der Waals surface area contributed by atoms with E-state index in [1.165, 1.54) is 16.8 Å². The number of hydrogen-bond donors (Lipinski definition) is 2. The second-order valence-corrected chi connectivity index (χ2v) is 9.15. The number of nitrogens with zero attached hydrogens (tertiary/aromatic N) is 4. The van der Waals surface area contributed by atoms with Gasteiger partial charge in [0.2, 0.25) is 5.91 Å². The Morgan fingerprint density at radius 2 is 1.81 bits per heavy atom. The molecule has 0 aliphatic carbocycles. The number of primary amides is 1. The SMILES string of the molecule is CCNC(=NCCCCN1CCC(C(N)=O)CC1)N1CCN(c2cccc(C)c2C)CC1. The van der Waals surface area contributed by atoms with Gasteiger partial charge in [0.25, 0.3) is 0 Å². The van der Waals surface area contributed by atoms with Crippen LogP contribution >= 0.6 is 0 Å². The Kier molecular flexibility index (Phi) is 9.21. The molecule has 0 unspecified atom stereocenters. The lowest BCUT2D eigenvalue weighted by atomic mass is 9.96. The number of rotatable bonds is 8. The van der Waals surface area contributed by atoms with Crippen molar-refractivity contribution in [2.45, 2.75) is 46.5 Å². The van der Waals surface area contributed by atoms with Crippen molar-refractivity contribution >= 4 is 17.6 Å². The molecule has 2 aliphatic rings. The zero-order chi connectivity index (χ0) is 22.9. The number of piperazine rings is 1. The van der Waals surface area contributed by atoms with Crippen LogP contribution < -0.4 is 16.0 Å². The smallest absolute Gasteiger partial charge is 0.220 e. The third kappa shape index (κ3) is 6.61. The number of benzene rings is 1. The Balaban J connectivity index is 1.41. The van der Waals surface area contributed by atoms with Crippen LogP contribution in [-0.4, -0.2) is 80.6 Å². The summed E-state index contributed by atoms with van der Waals surface area (Å²) >= 11 is 0. The van der Waals surface area contributed by atoms with Gasteiger partial charge < -0.3 is 25.8 Å². The summed E-state index contributed by atoms with van der Waals surface area (Å²) in [5.74, 6) is 0.994. The van der Waals surface area contributed by atoms with E-state index in [0.29, 0.717) is 0 Å². The van der Waals surface area contributed by atoms with Crippen LogP contribution in [0.25, 0.3) is 0 Å². The zero-order valence-electron chi connectivity index (χ0n) is 20.3. The summed E-state index contributed by atoms with van der Waals surface area (Å²) in [7, 11) is 0. The number of aliphatic imine (C=N–C) groups is 1. The first-order chi connectivity index (χ1) is 15.5. The van der Waals surface area contributed by atoms with E-state index < -0.39 is 0 Å². The molecule has 0 radical (unpaired) electrons. The molecule has 1 aromatic rings. The molecule has 0 saturated carbocycles. The number of hydrogen-bond acceptors (Lipinski definition) is 4. The van der Waals surface area contributed by atoms with Gasteiger partial charge in [-0.3, -0.25) is 9.79 Å². The molecule has 0 aromatic heterocycles. The van der Waals surface area contributed by atoms with Crippen molar-refractivity contribution in [3.8, 4) is 0 Å². The fourth-order valence-electron chi connectivity index (χ4n) is 4.74. The minimum Gasteiger partial charge on any atom is -0.369 e. The number of amides is 1. The molecule has 178 valence electrons. The molecule has 3 N–H and O–H groups in total. The number of anilines is 1. The number of likely N-dealkylation sites (tertiary alicyclic amines) is 1. The van der Waals surface area contributed by atoms with Crippen molar-refractivity contribution in [1.29, 1.82) is 0 Å². The monoisotopic (exact) mass is 442 g/mol. The Morgan fingerprint density at radius 3 is 2.47 bits per heavy atom. The van der Waals surface area contributed by atoms with Gasteiger partial charge in [-0.25, -0.2) is 0 Å². The van der Waals surface area contributed by atoms with Crippen LogP contribution in [0.1, 0.15) is 43.7 Å². The van der Waals surface area contributed by atoms with Crippen LogP contribution in [-0.2, 0) is 4.79 Å². The number of nitrogens with two attached hydrogens (primary N) is 1. The highest BCUT2D eigenvalue weighted by Gasteiger charge is 2.23. The molecule has 7 nitrogen and oxygen atoms in total. The van der Waals surface area contributed by atoms with Gasteiger partial charge in [-0.1, -0.05) is 12.1 Å². The molecular weight excluding hydrogens is 400 g/mol. The van der Waals surface area contributed by atoms with Gasteiger partial charge >= 0.3 is 0 Å². The molecule has 3 rings (SSSR count). The maximum atomic E-state index is 11.3. The molecule has 2 heterocycles. The highest BCUT2D eigenvalue weighted by molar-refractivity contribution is 5.80. The molecule has 2 aliphatic heterocycles. The number of carbonyl (C=O) groups excluding carboxylic acids is 1. The lowest BCUT2D eigenvalue weighted by Gasteiger charge is -2.38. The standard InChI is InChI=1S/C25H42N6O/c1-4-27-25(28-12-5-6-13-29-14-10-22(11-15-29)24(26)32)31-18-16-30(17-19-31)23-9-7-8-20(2)21(23)3/h7-9,22H,4-6,10-19H2,1-3H3,(H2,26,32)(H,27,28). The van der Waals surface area contributed by atoms with E-state index in [0.717, 1.165) is 90.5 Å². The number of guanidine groups is 1. The number of unbranched alkanes of at least 4 members (excludes halogenated alkanes) is 1.